The lowest BCUT2D eigenvalue weighted by Gasteiger charge is -2.31. The number of hydrogen-bond donors (Lipinski definition) is 0. The van der Waals surface area contributed by atoms with Crippen molar-refractivity contribution >= 4 is 17.6 Å². The summed E-state index contributed by atoms with van der Waals surface area (Å²) < 4.78 is 0. The molecule has 1 unspecified atom stereocenters. The van der Waals surface area contributed by atoms with Crippen LogP contribution < -0.4 is 0 Å². The standard InChI is InChI=1S/C9H13NO3/c1-6(11)8-4-3-5-9(13)10(8)7(2)12/h8H,3-5H2,1-2H3. The van der Waals surface area contributed by atoms with Crippen LogP contribution in [-0.4, -0.2) is 28.5 Å². The van der Waals surface area contributed by atoms with Crippen molar-refractivity contribution < 1.29 is 14.4 Å². The van der Waals surface area contributed by atoms with Crippen LogP contribution in [0.5, 0.6) is 0 Å². The molecule has 1 atom stereocenters. The molecule has 1 rings (SSSR count). The maximum absolute atomic E-state index is 11.3. The maximum atomic E-state index is 11.3. The molecule has 0 aromatic carbocycles. The van der Waals surface area contributed by atoms with Crippen LogP contribution in [0.2, 0.25) is 0 Å². The van der Waals surface area contributed by atoms with Crippen LogP contribution in [-0.2, 0) is 14.4 Å². The van der Waals surface area contributed by atoms with Gasteiger partial charge >= 0.3 is 0 Å². The SMILES string of the molecule is CC(=O)C1CCCC(=O)N1C(C)=O. The number of hydrogen-bond acceptors (Lipinski definition) is 3. The Kier molecular flexibility index (Phi) is 2.80. The van der Waals surface area contributed by atoms with Gasteiger partial charge in [0.2, 0.25) is 11.8 Å². The maximum Gasteiger partial charge on any atom is 0.229 e. The molecule has 0 aromatic rings. The molecule has 0 spiro atoms. The molecule has 72 valence electrons. The molecule has 4 nitrogen and oxygen atoms in total. The summed E-state index contributed by atoms with van der Waals surface area (Å²) in [6, 6.07) is -0.515. The van der Waals surface area contributed by atoms with Crippen molar-refractivity contribution in [1.82, 2.24) is 4.90 Å². The summed E-state index contributed by atoms with van der Waals surface area (Å²) in [4.78, 5) is 34.6. The quantitative estimate of drug-likeness (QED) is 0.595. The second-order valence-electron chi connectivity index (χ2n) is 3.30. The number of rotatable bonds is 1. The van der Waals surface area contributed by atoms with Crippen LogP contribution in [0.3, 0.4) is 0 Å². The van der Waals surface area contributed by atoms with Crippen molar-refractivity contribution in [2.75, 3.05) is 0 Å². The number of piperidine rings is 1. The van der Waals surface area contributed by atoms with E-state index in [4.69, 9.17) is 0 Å². The van der Waals surface area contributed by atoms with Gasteiger partial charge < -0.3 is 0 Å². The third-order valence-corrected chi connectivity index (χ3v) is 2.26. The van der Waals surface area contributed by atoms with Gasteiger partial charge in [0.05, 0.1) is 6.04 Å². The second-order valence-corrected chi connectivity index (χ2v) is 3.30. The minimum atomic E-state index is -0.515. The number of imide groups is 1. The van der Waals surface area contributed by atoms with E-state index in [0.717, 1.165) is 4.90 Å². The molecule has 13 heavy (non-hydrogen) atoms. The largest absolute Gasteiger partial charge is 0.298 e. The highest BCUT2D eigenvalue weighted by atomic mass is 16.2. The molecule has 0 saturated carbocycles. The van der Waals surface area contributed by atoms with Crippen LogP contribution >= 0.6 is 0 Å². The Morgan fingerprint density at radius 2 is 2.00 bits per heavy atom. The fraction of sp³-hybridized carbons (Fsp3) is 0.667. The number of amides is 2. The summed E-state index contributed by atoms with van der Waals surface area (Å²) in [5, 5.41) is 0. The fourth-order valence-electron chi connectivity index (χ4n) is 1.65. The molecular weight excluding hydrogens is 170 g/mol. The number of Topliss-reactive ketones (excluding diaryl/α,β-unsaturated/α-hetero) is 1. The minimum Gasteiger partial charge on any atom is -0.298 e. The molecule has 0 radical (unpaired) electrons. The summed E-state index contributed by atoms with van der Waals surface area (Å²) in [5.74, 6) is -0.660. The van der Waals surface area contributed by atoms with Crippen molar-refractivity contribution in [1.29, 1.82) is 0 Å². The van der Waals surface area contributed by atoms with Crippen molar-refractivity contribution in [2.24, 2.45) is 0 Å². The number of carbonyl (C=O) groups is 3. The number of carbonyl (C=O) groups excluding carboxylic acids is 3. The van der Waals surface area contributed by atoms with Gasteiger partial charge in [0.25, 0.3) is 0 Å². The predicted octanol–water partition coefficient (Wildman–Crippen LogP) is 0.503. The molecule has 0 N–H and O–H groups in total. The predicted molar refractivity (Wildman–Crippen MR) is 45.8 cm³/mol. The first-order chi connectivity index (χ1) is 6.04. The van der Waals surface area contributed by atoms with Crippen LogP contribution in [0.15, 0.2) is 0 Å². The Bertz CT molecular complexity index is 260. The van der Waals surface area contributed by atoms with E-state index in [-0.39, 0.29) is 17.6 Å². The zero-order chi connectivity index (χ0) is 10.0. The summed E-state index contributed by atoms with van der Waals surface area (Å²) >= 11 is 0. The third-order valence-electron chi connectivity index (χ3n) is 2.26. The van der Waals surface area contributed by atoms with E-state index in [1.54, 1.807) is 0 Å². The minimum absolute atomic E-state index is 0.108. The number of nitrogens with zero attached hydrogens (tertiary/aromatic N) is 1. The lowest BCUT2D eigenvalue weighted by molar-refractivity contribution is -0.152. The normalized spacial score (nSPS) is 23.1. The summed E-state index contributed by atoms with van der Waals surface area (Å²) in [7, 11) is 0. The molecule has 1 heterocycles. The molecular formula is C9H13NO3. The lowest BCUT2D eigenvalue weighted by atomic mass is 9.99. The third kappa shape index (κ3) is 1.94. The van der Waals surface area contributed by atoms with Crippen LogP contribution in [0, 0.1) is 0 Å². The van der Waals surface area contributed by atoms with E-state index in [2.05, 4.69) is 0 Å². The van der Waals surface area contributed by atoms with Crippen molar-refractivity contribution in [3.05, 3.63) is 0 Å². The summed E-state index contributed by atoms with van der Waals surface area (Å²) in [6.45, 7) is 2.73. The Morgan fingerprint density at radius 1 is 1.38 bits per heavy atom. The van der Waals surface area contributed by atoms with Gasteiger partial charge in [-0.2, -0.15) is 0 Å². The molecule has 0 aromatic heterocycles. The fourth-order valence-corrected chi connectivity index (χ4v) is 1.65. The summed E-state index contributed by atoms with van der Waals surface area (Å²) in [6.07, 6.45) is 1.69. The molecule has 4 heteroatoms. The Hall–Kier alpha value is -1.19. The first kappa shape index (κ1) is 9.89. The first-order valence-electron chi connectivity index (χ1n) is 4.37. The van der Waals surface area contributed by atoms with Crippen LogP contribution in [0.25, 0.3) is 0 Å². The van der Waals surface area contributed by atoms with E-state index < -0.39 is 6.04 Å². The molecule has 1 saturated heterocycles. The van der Waals surface area contributed by atoms with Gasteiger partial charge in [-0.05, 0) is 19.8 Å². The molecule has 2 amide bonds. The monoisotopic (exact) mass is 183 g/mol. The van der Waals surface area contributed by atoms with Gasteiger partial charge in [-0.25, -0.2) is 0 Å². The van der Waals surface area contributed by atoms with E-state index in [1.807, 2.05) is 0 Å². The van der Waals surface area contributed by atoms with Crippen molar-refractivity contribution in [2.45, 2.75) is 39.2 Å². The second kappa shape index (κ2) is 3.68. The molecule has 1 aliphatic heterocycles. The molecule has 1 fully saturated rings. The average molecular weight is 183 g/mol. The van der Waals surface area contributed by atoms with E-state index in [0.29, 0.717) is 19.3 Å². The highest BCUT2D eigenvalue weighted by Gasteiger charge is 2.33. The smallest absolute Gasteiger partial charge is 0.229 e. The number of ketones is 1. The van der Waals surface area contributed by atoms with E-state index in [9.17, 15) is 14.4 Å². The van der Waals surface area contributed by atoms with E-state index in [1.165, 1.54) is 13.8 Å². The Balaban J connectivity index is 2.86. The van der Waals surface area contributed by atoms with Gasteiger partial charge in [0.1, 0.15) is 0 Å². The molecule has 0 aliphatic carbocycles. The van der Waals surface area contributed by atoms with Gasteiger partial charge in [-0.1, -0.05) is 0 Å². The number of likely N-dealkylation sites (tertiary alicyclic amines) is 1. The molecule has 1 aliphatic rings. The topological polar surface area (TPSA) is 54.5 Å². The van der Waals surface area contributed by atoms with Gasteiger partial charge in [0.15, 0.2) is 5.78 Å². The lowest BCUT2D eigenvalue weighted by Crippen LogP contribution is -2.49. The zero-order valence-electron chi connectivity index (χ0n) is 7.87. The van der Waals surface area contributed by atoms with Crippen molar-refractivity contribution in [3.63, 3.8) is 0 Å². The Morgan fingerprint density at radius 3 is 2.38 bits per heavy atom. The van der Waals surface area contributed by atoms with Gasteiger partial charge in [0, 0.05) is 13.3 Å². The Labute approximate surface area is 76.9 Å². The zero-order valence-corrected chi connectivity index (χ0v) is 7.87. The molecule has 0 bridgehead atoms. The highest BCUT2D eigenvalue weighted by molar-refractivity contribution is 6.00. The van der Waals surface area contributed by atoms with Gasteiger partial charge in [-0.15, -0.1) is 0 Å². The van der Waals surface area contributed by atoms with Crippen molar-refractivity contribution in [3.8, 4) is 0 Å². The summed E-state index contributed by atoms with van der Waals surface area (Å²) in [5.41, 5.74) is 0. The van der Waals surface area contributed by atoms with Gasteiger partial charge in [-0.3, -0.25) is 19.3 Å². The van der Waals surface area contributed by atoms with Crippen LogP contribution in [0.1, 0.15) is 33.1 Å². The highest BCUT2D eigenvalue weighted by Crippen LogP contribution is 2.18. The average Bonchev–Trinajstić information content (AvgIpc) is 2.02. The first-order valence-corrected chi connectivity index (χ1v) is 4.37. The van der Waals surface area contributed by atoms with E-state index >= 15 is 0 Å². The van der Waals surface area contributed by atoms with Crippen LogP contribution in [0.4, 0.5) is 0 Å².